The molecule has 290 valence electrons. The fourth-order valence-electron chi connectivity index (χ4n) is 9.11. The van der Waals surface area contributed by atoms with Gasteiger partial charge in [-0.3, -0.25) is 9.59 Å². The summed E-state index contributed by atoms with van der Waals surface area (Å²) in [5.41, 5.74) is -6.72. The van der Waals surface area contributed by atoms with Gasteiger partial charge in [0.2, 0.25) is 5.91 Å². The molecule has 1 heterocycles. The van der Waals surface area contributed by atoms with Gasteiger partial charge in [-0.1, -0.05) is 68.5 Å². The summed E-state index contributed by atoms with van der Waals surface area (Å²) in [6.45, 7) is 8.96. The number of hydrogen-bond donors (Lipinski definition) is 6. The smallest absolute Gasteiger partial charge is 0.338 e. The van der Waals surface area contributed by atoms with E-state index in [2.05, 4.69) is 5.32 Å². The van der Waals surface area contributed by atoms with Crippen molar-refractivity contribution in [1.82, 2.24) is 5.32 Å². The van der Waals surface area contributed by atoms with Gasteiger partial charge < -0.3 is 45.1 Å². The number of rotatable bonds is 8. The van der Waals surface area contributed by atoms with E-state index in [9.17, 15) is 44.7 Å². The maximum Gasteiger partial charge on any atom is 0.338 e. The molecule has 2 aromatic carbocycles. The van der Waals surface area contributed by atoms with Gasteiger partial charge in [0.25, 0.3) is 0 Å². The molecule has 0 spiro atoms. The molecule has 2 saturated carbocycles. The molecule has 6 rings (SSSR count). The van der Waals surface area contributed by atoms with Crippen LogP contribution in [0.15, 0.2) is 83.5 Å². The highest BCUT2D eigenvalue weighted by Gasteiger charge is 2.76. The molecule has 6 N–H and O–H groups in total. The van der Waals surface area contributed by atoms with E-state index in [-0.39, 0.29) is 29.7 Å². The Bertz CT molecular complexity index is 1880. The Kier molecular flexibility index (Phi) is 10.3. The fraction of sp³-hybridized carbons (Fsp3) is 0.512. The van der Waals surface area contributed by atoms with Crippen molar-refractivity contribution in [3.63, 3.8) is 0 Å². The standard InChI is InChI=1S/C41H49NO12/c1-7-21(2)35(47)42-29(23-14-10-8-11-15-23)31(45)37(49)53-25-19-41(51)34(54-36(48)24-16-12-9-13-17-24)32-39(6,26(43)18-27-40(32,50)20-52-27)33(46)30(44)28(22(25)3)38(41,4)5/h7-17,25-27,29-32,34,43-45,50-51H,18-20H2,1-6H3,(H,42,47)/b21-7+/t25?,26?,27?,29?,30?,31?,32?,34?,39-,40+,41?/m1/s1. The van der Waals surface area contributed by atoms with Crippen LogP contribution < -0.4 is 5.32 Å². The van der Waals surface area contributed by atoms with Gasteiger partial charge in [0.15, 0.2) is 11.9 Å². The van der Waals surface area contributed by atoms with E-state index in [1.54, 1.807) is 82.3 Å². The number of ketones is 1. The lowest BCUT2D eigenvalue weighted by atomic mass is 9.44. The average Bonchev–Trinajstić information content (AvgIpc) is 3.15. The quantitative estimate of drug-likeness (QED) is 0.131. The minimum Gasteiger partial charge on any atom is -0.456 e. The van der Waals surface area contributed by atoms with Crippen molar-refractivity contribution in [2.75, 3.05) is 6.61 Å². The first kappa shape index (κ1) is 39.5. The van der Waals surface area contributed by atoms with E-state index < -0.39 is 101 Å². The minimum absolute atomic E-state index is 0.0308. The molecule has 1 aliphatic heterocycles. The number of aliphatic hydroxyl groups is 5. The van der Waals surface area contributed by atoms with Crippen LogP contribution in [0, 0.1) is 16.7 Å². The number of ether oxygens (including phenoxy) is 3. The summed E-state index contributed by atoms with van der Waals surface area (Å²) < 4.78 is 17.8. The molecule has 4 aliphatic rings. The van der Waals surface area contributed by atoms with Crippen LogP contribution >= 0.6 is 0 Å². The van der Waals surface area contributed by atoms with E-state index in [4.69, 9.17) is 14.2 Å². The van der Waals surface area contributed by atoms with Crippen molar-refractivity contribution < 1.29 is 58.9 Å². The summed E-state index contributed by atoms with van der Waals surface area (Å²) in [6.07, 6.45) is -8.63. The number of esters is 2. The Labute approximate surface area is 313 Å². The molecular weight excluding hydrogens is 698 g/mol. The van der Waals surface area contributed by atoms with Crippen LogP contribution in [0.4, 0.5) is 0 Å². The van der Waals surface area contributed by atoms with E-state index >= 15 is 0 Å². The maximum absolute atomic E-state index is 14.7. The number of benzene rings is 2. The first-order valence-corrected chi connectivity index (χ1v) is 18.2. The molecule has 1 saturated heterocycles. The van der Waals surface area contributed by atoms with Crippen LogP contribution in [0.2, 0.25) is 0 Å². The third kappa shape index (κ3) is 6.02. The molecule has 3 aliphatic carbocycles. The molecule has 13 nitrogen and oxygen atoms in total. The number of carbonyl (C=O) groups is 4. The van der Waals surface area contributed by atoms with Crippen molar-refractivity contribution in [1.29, 1.82) is 0 Å². The second-order valence-corrected chi connectivity index (χ2v) is 15.8. The van der Waals surface area contributed by atoms with Gasteiger partial charge in [0.05, 0.1) is 35.8 Å². The molecule has 2 bridgehead atoms. The molecule has 54 heavy (non-hydrogen) atoms. The number of carbonyl (C=O) groups excluding carboxylic acids is 4. The van der Waals surface area contributed by atoms with Crippen molar-refractivity contribution in [3.8, 4) is 0 Å². The van der Waals surface area contributed by atoms with Gasteiger partial charge in [-0.15, -0.1) is 0 Å². The second-order valence-electron chi connectivity index (χ2n) is 15.8. The van der Waals surface area contributed by atoms with Gasteiger partial charge in [0.1, 0.15) is 29.5 Å². The lowest BCUT2D eigenvalue weighted by Gasteiger charge is -2.66. The summed E-state index contributed by atoms with van der Waals surface area (Å²) in [5.74, 6) is -5.02. The second kappa shape index (κ2) is 14.1. The minimum atomic E-state index is -2.29. The number of Topliss-reactive ketones (excluding diaryl/α,β-unsaturated/α-hetero) is 1. The van der Waals surface area contributed by atoms with Crippen LogP contribution in [0.25, 0.3) is 0 Å². The first-order chi connectivity index (χ1) is 25.3. The molecule has 1 amide bonds. The number of aliphatic hydroxyl groups excluding tert-OH is 3. The fourth-order valence-corrected chi connectivity index (χ4v) is 9.11. The molecule has 3 fully saturated rings. The predicted octanol–water partition coefficient (Wildman–Crippen LogP) is 2.25. The summed E-state index contributed by atoms with van der Waals surface area (Å²) in [4.78, 5) is 55.5. The summed E-state index contributed by atoms with van der Waals surface area (Å²) >= 11 is 0. The van der Waals surface area contributed by atoms with Crippen molar-refractivity contribution in [3.05, 3.63) is 94.6 Å². The highest BCUT2D eigenvalue weighted by atomic mass is 16.6. The predicted molar refractivity (Wildman–Crippen MR) is 192 cm³/mol. The Balaban J connectivity index is 1.47. The number of hydrogen-bond acceptors (Lipinski definition) is 12. The highest BCUT2D eigenvalue weighted by molar-refractivity contribution is 5.94. The Morgan fingerprint density at radius 2 is 1.59 bits per heavy atom. The number of allylic oxidation sites excluding steroid dienone is 1. The van der Waals surface area contributed by atoms with Crippen LogP contribution in [0.1, 0.15) is 76.3 Å². The van der Waals surface area contributed by atoms with Crippen molar-refractivity contribution >= 4 is 23.6 Å². The molecule has 9 unspecified atom stereocenters. The molecular formula is C41H49NO12. The van der Waals surface area contributed by atoms with Gasteiger partial charge in [-0.05, 0) is 56.5 Å². The number of amides is 1. The highest BCUT2D eigenvalue weighted by Crippen LogP contribution is 2.63. The SMILES string of the molecule is C/C=C(\C)C(=O)NC(c1ccccc1)C(O)C(=O)OC1CC2(O)C(OC(=O)c3ccccc3)C3[C@]4(O)COC4CC(O)[C@@]3(C)C(=O)C(O)C(=C1C)C2(C)C. The Morgan fingerprint density at radius 1 is 0.981 bits per heavy atom. The van der Waals surface area contributed by atoms with Crippen LogP contribution in [0.3, 0.4) is 0 Å². The van der Waals surface area contributed by atoms with Gasteiger partial charge in [-0.2, -0.15) is 0 Å². The molecule has 11 atom stereocenters. The van der Waals surface area contributed by atoms with E-state index in [0.29, 0.717) is 11.1 Å². The maximum atomic E-state index is 14.7. The van der Waals surface area contributed by atoms with Crippen molar-refractivity contribution in [2.45, 2.75) is 108 Å². The first-order valence-electron chi connectivity index (χ1n) is 18.2. The van der Waals surface area contributed by atoms with Crippen LogP contribution in [-0.2, 0) is 28.6 Å². The molecule has 13 heteroatoms. The lowest BCUT2D eigenvalue weighted by Crippen LogP contribution is -2.81. The number of nitrogens with one attached hydrogen (secondary N) is 1. The third-order valence-corrected chi connectivity index (χ3v) is 12.7. The normalized spacial score (nSPS) is 35.5. The summed E-state index contributed by atoms with van der Waals surface area (Å²) in [7, 11) is 0. The average molecular weight is 748 g/mol. The van der Waals surface area contributed by atoms with Gasteiger partial charge in [0, 0.05) is 29.7 Å². The van der Waals surface area contributed by atoms with E-state index in [0.717, 1.165) is 0 Å². The summed E-state index contributed by atoms with van der Waals surface area (Å²) in [5, 5.41) is 63.3. The monoisotopic (exact) mass is 747 g/mol. The Morgan fingerprint density at radius 3 is 2.17 bits per heavy atom. The third-order valence-electron chi connectivity index (χ3n) is 12.7. The van der Waals surface area contributed by atoms with E-state index in [1.807, 2.05) is 0 Å². The molecule has 0 aromatic heterocycles. The van der Waals surface area contributed by atoms with E-state index in [1.165, 1.54) is 26.0 Å². The van der Waals surface area contributed by atoms with Crippen molar-refractivity contribution in [2.24, 2.45) is 16.7 Å². The van der Waals surface area contributed by atoms with Crippen LogP contribution in [0.5, 0.6) is 0 Å². The molecule has 0 radical (unpaired) electrons. The zero-order chi connectivity index (χ0) is 39.5. The largest absolute Gasteiger partial charge is 0.456 e. The number of fused-ring (bicyclic) bond motifs is 5. The topological polar surface area (TPSA) is 209 Å². The Hall–Kier alpha value is -4.24. The van der Waals surface area contributed by atoms with Gasteiger partial charge >= 0.3 is 11.9 Å². The zero-order valence-corrected chi connectivity index (χ0v) is 31.2. The van der Waals surface area contributed by atoms with Gasteiger partial charge in [-0.25, -0.2) is 9.59 Å². The summed E-state index contributed by atoms with van der Waals surface area (Å²) in [6, 6.07) is 15.0. The van der Waals surface area contributed by atoms with Crippen LogP contribution in [-0.4, -0.2) is 104 Å². The zero-order valence-electron chi connectivity index (χ0n) is 31.2. The lowest BCUT2D eigenvalue weighted by molar-refractivity contribution is -0.343. The molecule has 2 aromatic rings.